The summed E-state index contributed by atoms with van der Waals surface area (Å²) in [4.78, 5) is 0. The second-order valence-corrected chi connectivity index (χ2v) is 5.33. The van der Waals surface area contributed by atoms with Gasteiger partial charge in [0.2, 0.25) is 0 Å². The van der Waals surface area contributed by atoms with Crippen molar-refractivity contribution >= 4 is 0 Å². The molecule has 0 unspecified atom stereocenters. The zero-order chi connectivity index (χ0) is 24.8. The first-order valence-electron chi connectivity index (χ1n) is 12.4. The fraction of sp³-hybridized carbons (Fsp3) is 0.419. The Hall–Kier alpha value is -2.34. The lowest BCUT2D eigenvalue weighted by Crippen LogP contribution is -1.73. The van der Waals surface area contributed by atoms with Crippen LogP contribution in [0.4, 0.5) is 0 Å². The quantitative estimate of drug-likeness (QED) is 0.383. The fourth-order valence-corrected chi connectivity index (χ4v) is 1.96. The van der Waals surface area contributed by atoms with Gasteiger partial charge in [-0.1, -0.05) is 166 Å². The highest BCUT2D eigenvalue weighted by atomic mass is 13.9. The Morgan fingerprint density at radius 1 is 0.387 bits per heavy atom. The molecule has 0 heterocycles. The Labute approximate surface area is 196 Å². The summed E-state index contributed by atoms with van der Waals surface area (Å²) in [6.45, 7) is 22.4. The van der Waals surface area contributed by atoms with Gasteiger partial charge < -0.3 is 0 Å². The van der Waals surface area contributed by atoms with Crippen molar-refractivity contribution in [1.82, 2.24) is 0 Å². The Morgan fingerprint density at radius 2 is 0.613 bits per heavy atom. The third-order valence-corrected chi connectivity index (χ3v) is 3.44. The number of rotatable bonds is 2. The van der Waals surface area contributed by atoms with Gasteiger partial charge in [-0.3, -0.25) is 0 Å². The monoisotopic (exact) mass is 424 g/mol. The van der Waals surface area contributed by atoms with E-state index in [2.05, 4.69) is 81.4 Å². The van der Waals surface area contributed by atoms with E-state index in [-0.39, 0.29) is 0 Å². The van der Waals surface area contributed by atoms with Crippen LogP contribution in [0.15, 0.2) is 91.0 Å². The second kappa shape index (κ2) is 35.1. The topological polar surface area (TPSA) is 0 Å². The molecule has 0 aliphatic rings. The molecule has 0 amide bonds. The van der Waals surface area contributed by atoms with Crippen LogP contribution in [0.25, 0.3) is 0 Å². The number of hydrogen-bond acceptors (Lipinski definition) is 0. The summed E-state index contributed by atoms with van der Waals surface area (Å²) in [7, 11) is 0. The van der Waals surface area contributed by atoms with E-state index in [0.717, 1.165) is 12.8 Å². The molecule has 0 radical (unpaired) electrons. The number of benzene rings is 3. The van der Waals surface area contributed by atoms with Gasteiger partial charge in [0.25, 0.3) is 0 Å². The molecule has 0 aromatic heterocycles. The van der Waals surface area contributed by atoms with Crippen LogP contribution in [0.2, 0.25) is 0 Å². The van der Waals surface area contributed by atoms with E-state index in [1.165, 1.54) is 16.7 Å². The van der Waals surface area contributed by atoms with Crippen LogP contribution >= 0.6 is 0 Å². The average molecular weight is 425 g/mol. The molecular weight excluding hydrogens is 372 g/mol. The van der Waals surface area contributed by atoms with Crippen molar-refractivity contribution in [3.63, 3.8) is 0 Å². The number of hydrogen-bond donors (Lipinski definition) is 0. The SMILES string of the molecule is CC.CC.CC.CC.CCc1ccccc1.CCc1ccccc1.Cc1ccccc1. The van der Waals surface area contributed by atoms with E-state index < -0.39 is 0 Å². The summed E-state index contributed by atoms with van der Waals surface area (Å²) in [6, 6.07) is 31.2. The van der Waals surface area contributed by atoms with Crippen molar-refractivity contribution in [2.45, 2.75) is 89.0 Å². The molecule has 31 heavy (non-hydrogen) atoms. The molecule has 0 saturated heterocycles. The van der Waals surface area contributed by atoms with Crippen LogP contribution in [-0.2, 0) is 12.8 Å². The van der Waals surface area contributed by atoms with Crippen molar-refractivity contribution in [2.24, 2.45) is 0 Å². The third kappa shape index (κ3) is 27.7. The van der Waals surface area contributed by atoms with Crippen molar-refractivity contribution < 1.29 is 0 Å². The van der Waals surface area contributed by atoms with Gasteiger partial charge >= 0.3 is 0 Å². The molecule has 3 aromatic carbocycles. The Kier molecular flexibility index (Phi) is 40.8. The lowest BCUT2D eigenvalue weighted by molar-refractivity contribution is 1.14. The molecule has 0 aliphatic carbocycles. The Morgan fingerprint density at radius 3 is 0.742 bits per heavy atom. The van der Waals surface area contributed by atoms with Crippen molar-refractivity contribution in [2.75, 3.05) is 0 Å². The predicted octanol–water partition coefficient (Wildman–Crippen LogP) is 10.6. The first-order valence-corrected chi connectivity index (χ1v) is 12.4. The minimum atomic E-state index is 1.14. The lowest BCUT2D eigenvalue weighted by Gasteiger charge is -1.89. The smallest absolute Gasteiger partial charge is 0.0307 e. The first kappa shape index (κ1) is 36.1. The molecule has 176 valence electrons. The second-order valence-electron chi connectivity index (χ2n) is 5.33. The van der Waals surface area contributed by atoms with Crippen LogP contribution in [0, 0.1) is 6.92 Å². The van der Waals surface area contributed by atoms with Crippen molar-refractivity contribution in [1.29, 1.82) is 0 Å². The van der Waals surface area contributed by atoms with Crippen LogP contribution in [0.1, 0.15) is 85.9 Å². The zero-order valence-corrected chi connectivity index (χ0v) is 22.6. The van der Waals surface area contributed by atoms with Crippen LogP contribution in [0.5, 0.6) is 0 Å². The Balaban J connectivity index is -0.000000152. The summed E-state index contributed by atoms with van der Waals surface area (Å²) >= 11 is 0. The van der Waals surface area contributed by atoms with E-state index in [4.69, 9.17) is 0 Å². The maximum absolute atomic E-state index is 2.16. The number of aryl methyl sites for hydroxylation is 3. The van der Waals surface area contributed by atoms with Crippen molar-refractivity contribution in [3.8, 4) is 0 Å². The van der Waals surface area contributed by atoms with Gasteiger partial charge in [0, 0.05) is 0 Å². The molecule has 0 N–H and O–H groups in total. The molecule has 0 heteroatoms. The average Bonchev–Trinajstić information content (AvgIpc) is 2.91. The highest BCUT2D eigenvalue weighted by molar-refractivity contribution is 5.14. The summed E-state index contributed by atoms with van der Waals surface area (Å²) in [5, 5.41) is 0. The largest absolute Gasteiger partial charge is 0.0683 e. The summed E-state index contributed by atoms with van der Waals surface area (Å²) < 4.78 is 0. The van der Waals surface area contributed by atoms with Gasteiger partial charge in [0.05, 0.1) is 0 Å². The predicted molar refractivity (Wildman–Crippen MR) is 148 cm³/mol. The fourth-order valence-electron chi connectivity index (χ4n) is 1.96. The van der Waals surface area contributed by atoms with Crippen LogP contribution < -0.4 is 0 Å². The first-order chi connectivity index (χ1) is 15.3. The van der Waals surface area contributed by atoms with Crippen LogP contribution in [0.3, 0.4) is 0 Å². The minimum Gasteiger partial charge on any atom is -0.0683 e. The normalized spacial score (nSPS) is 7.45. The van der Waals surface area contributed by atoms with Gasteiger partial charge in [-0.25, -0.2) is 0 Å². The molecule has 0 aliphatic heterocycles. The van der Waals surface area contributed by atoms with Gasteiger partial charge in [-0.05, 0) is 30.9 Å². The molecule has 3 aromatic rings. The molecule has 0 saturated carbocycles. The van der Waals surface area contributed by atoms with E-state index in [1.54, 1.807) is 0 Å². The molecular formula is C31H52. The van der Waals surface area contributed by atoms with E-state index in [0.29, 0.717) is 0 Å². The highest BCUT2D eigenvalue weighted by Gasteiger charge is 1.80. The molecule has 0 spiro atoms. The Bertz CT molecular complexity index is 558. The molecule has 0 atom stereocenters. The third-order valence-electron chi connectivity index (χ3n) is 3.44. The van der Waals surface area contributed by atoms with E-state index in [1.807, 2.05) is 85.7 Å². The zero-order valence-electron chi connectivity index (χ0n) is 22.6. The molecule has 0 fully saturated rings. The van der Waals surface area contributed by atoms with Gasteiger partial charge in [0.15, 0.2) is 0 Å². The van der Waals surface area contributed by atoms with Gasteiger partial charge in [0.1, 0.15) is 0 Å². The summed E-state index contributed by atoms with van der Waals surface area (Å²) in [5.41, 5.74) is 4.14. The maximum atomic E-state index is 2.16. The molecule has 0 bridgehead atoms. The van der Waals surface area contributed by atoms with E-state index >= 15 is 0 Å². The van der Waals surface area contributed by atoms with Crippen molar-refractivity contribution in [3.05, 3.63) is 108 Å². The summed E-state index contributed by atoms with van der Waals surface area (Å²) in [5.74, 6) is 0. The van der Waals surface area contributed by atoms with Crippen LogP contribution in [-0.4, -0.2) is 0 Å². The highest BCUT2D eigenvalue weighted by Crippen LogP contribution is 1.97. The molecule has 3 rings (SSSR count). The van der Waals surface area contributed by atoms with E-state index in [9.17, 15) is 0 Å². The standard InChI is InChI=1S/2C8H10.C7H8.4C2H6/c2*1-2-8-6-4-3-5-7-8;1-7-5-3-2-4-6-7;4*1-2/h2*3-7H,2H2,1H3;2-6H,1H3;4*1-2H3. The maximum Gasteiger partial charge on any atom is -0.0307 e. The lowest BCUT2D eigenvalue weighted by atomic mass is 10.2. The molecule has 0 nitrogen and oxygen atoms in total. The summed E-state index contributed by atoms with van der Waals surface area (Å²) in [6.07, 6.45) is 2.28. The van der Waals surface area contributed by atoms with Gasteiger partial charge in [-0.15, -0.1) is 0 Å². The minimum absolute atomic E-state index is 1.14. The van der Waals surface area contributed by atoms with Gasteiger partial charge in [-0.2, -0.15) is 0 Å².